The molecule has 3 rings (SSSR count). The molecule has 2 aromatic rings. The van der Waals surface area contributed by atoms with E-state index in [0.29, 0.717) is 11.3 Å². The van der Waals surface area contributed by atoms with Gasteiger partial charge in [0.15, 0.2) is 11.5 Å². The smallest absolute Gasteiger partial charge is 0.252 e. The quantitative estimate of drug-likeness (QED) is 0.859. The number of fused-ring (bicyclic) bond motifs is 1. The number of hydrogen-bond acceptors (Lipinski definition) is 3. The normalized spacial score (nSPS) is 13.8. The summed E-state index contributed by atoms with van der Waals surface area (Å²) in [5.74, 6) is 7.22. The fraction of sp³-hybridized carbons (Fsp3) is 0.318. The molecule has 1 amide bonds. The van der Waals surface area contributed by atoms with Gasteiger partial charge in [-0.25, -0.2) is 0 Å². The van der Waals surface area contributed by atoms with Crippen molar-refractivity contribution in [2.24, 2.45) is 0 Å². The van der Waals surface area contributed by atoms with Crippen LogP contribution in [0.2, 0.25) is 0 Å². The zero-order chi connectivity index (χ0) is 18.6. The first-order valence-corrected chi connectivity index (χ1v) is 8.69. The molecule has 0 spiro atoms. The highest BCUT2D eigenvalue weighted by Crippen LogP contribution is 2.41. The molecule has 0 radical (unpaired) electrons. The van der Waals surface area contributed by atoms with Crippen LogP contribution in [0.5, 0.6) is 11.5 Å². The second kappa shape index (κ2) is 7.53. The van der Waals surface area contributed by atoms with Crippen LogP contribution in [0, 0.1) is 18.8 Å². The van der Waals surface area contributed by atoms with Gasteiger partial charge in [0.05, 0.1) is 6.54 Å². The second-order valence-electron chi connectivity index (χ2n) is 6.97. The molecule has 1 aliphatic rings. The van der Waals surface area contributed by atoms with E-state index in [0.717, 1.165) is 23.3 Å². The van der Waals surface area contributed by atoms with Gasteiger partial charge in [-0.1, -0.05) is 41.7 Å². The molecular formula is C22H23NO3. The summed E-state index contributed by atoms with van der Waals surface area (Å²) in [6.07, 6.45) is 0.871. The molecule has 1 N–H and O–H groups in total. The molecule has 134 valence electrons. The van der Waals surface area contributed by atoms with Crippen molar-refractivity contribution >= 4 is 5.91 Å². The van der Waals surface area contributed by atoms with E-state index in [1.54, 1.807) is 12.1 Å². The summed E-state index contributed by atoms with van der Waals surface area (Å²) in [7, 11) is 0. The van der Waals surface area contributed by atoms with Crippen molar-refractivity contribution in [3.05, 3.63) is 59.2 Å². The van der Waals surface area contributed by atoms with Crippen LogP contribution in [-0.4, -0.2) is 24.7 Å². The van der Waals surface area contributed by atoms with Crippen LogP contribution < -0.4 is 14.8 Å². The Hall–Kier alpha value is -2.93. The number of carbonyl (C=O) groups excluding carboxylic acids is 1. The second-order valence-corrected chi connectivity index (χ2v) is 6.97. The standard InChI is InChI=1S/C22H23NO3/c1-16-9-11-17(12-10-16)21(24)23-13-4-5-14-25-19-8-6-7-18-15-22(2,3)26-20(18)19/h6-12H,13-15H2,1-3H3,(H,23,24). The number of carbonyl (C=O) groups is 1. The third-order valence-electron chi connectivity index (χ3n) is 4.13. The van der Waals surface area contributed by atoms with Crippen LogP contribution in [-0.2, 0) is 6.42 Å². The third-order valence-corrected chi connectivity index (χ3v) is 4.13. The Balaban J connectivity index is 1.48. The van der Waals surface area contributed by atoms with Gasteiger partial charge >= 0.3 is 0 Å². The Morgan fingerprint density at radius 3 is 2.73 bits per heavy atom. The van der Waals surface area contributed by atoms with Crippen molar-refractivity contribution in [3.63, 3.8) is 0 Å². The summed E-state index contributed by atoms with van der Waals surface area (Å²) in [6.45, 7) is 6.65. The molecule has 0 fully saturated rings. The lowest BCUT2D eigenvalue weighted by molar-refractivity contribution is 0.0958. The number of ether oxygens (including phenoxy) is 2. The third kappa shape index (κ3) is 4.37. The molecule has 0 aromatic heterocycles. The highest BCUT2D eigenvalue weighted by Gasteiger charge is 2.32. The molecule has 1 heterocycles. The van der Waals surface area contributed by atoms with Gasteiger partial charge in [-0.15, -0.1) is 0 Å². The highest BCUT2D eigenvalue weighted by atomic mass is 16.5. The van der Waals surface area contributed by atoms with E-state index in [2.05, 4.69) is 37.1 Å². The summed E-state index contributed by atoms with van der Waals surface area (Å²) in [4.78, 5) is 12.0. The maximum Gasteiger partial charge on any atom is 0.252 e. The number of aryl methyl sites for hydroxylation is 1. The molecule has 0 saturated heterocycles. The number of hydrogen-bond donors (Lipinski definition) is 1. The van der Waals surface area contributed by atoms with Gasteiger partial charge < -0.3 is 14.8 Å². The number of amides is 1. The lowest BCUT2D eigenvalue weighted by atomic mass is 10.0. The van der Waals surface area contributed by atoms with Gasteiger partial charge in [0, 0.05) is 17.5 Å². The Labute approximate surface area is 154 Å². The van der Waals surface area contributed by atoms with Crippen LogP contribution in [0.15, 0.2) is 42.5 Å². The van der Waals surface area contributed by atoms with Crippen LogP contribution in [0.25, 0.3) is 0 Å². The van der Waals surface area contributed by atoms with Crippen molar-refractivity contribution in [1.82, 2.24) is 5.32 Å². The van der Waals surface area contributed by atoms with E-state index in [-0.39, 0.29) is 24.7 Å². The van der Waals surface area contributed by atoms with Crippen LogP contribution in [0.1, 0.15) is 35.3 Å². The monoisotopic (exact) mass is 349 g/mol. The summed E-state index contributed by atoms with van der Waals surface area (Å²) in [6, 6.07) is 13.3. The van der Waals surface area contributed by atoms with Crippen molar-refractivity contribution in [2.45, 2.75) is 32.8 Å². The average Bonchev–Trinajstić information content (AvgIpc) is 2.93. The molecule has 0 unspecified atom stereocenters. The number of rotatable bonds is 4. The number of benzene rings is 2. The van der Waals surface area contributed by atoms with Crippen molar-refractivity contribution in [3.8, 4) is 23.3 Å². The summed E-state index contributed by atoms with van der Waals surface area (Å²) < 4.78 is 11.7. The van der Waals surface area contributed by atoms with Gasteiger partial charge in [-0.05, 0) is 39.0 Å². The van der Waals surface area contributed by atoms with Gasteiger partial charge in [0.2, 0.25) is 0 Å². The van der Waals surface area contributed by atoms with Gasteiger partial charge in [0.1, 0.15) is 12.2 Å². The minimum atomic E-state index is -0.201. The lowest BCUT2D eigenvalue weighted by Crippen LogP contribution is -2.24. The summed E-state index contributed by atoms with van der Waals surface area (Å²) in [5, 5.41) is 2.78. The molecule has 0 bridgehead atoms. The van der Waals surface area contributed by atoms with Crippen LogP contribution >= 0.6 is 0 Å². The van der Waals surface area contributed by atoms with E-state index in [1.165, 1.54) is 0 Å². The van der Waals surface area contributed by atoms with Gasteiger partial charge in [-0.3, -0.25) is 4.79 Å². The lowest BCUT2D eigenvalue weighted by Gasteiger charge is -2.17. The molecule has 4 heteroatoms. The van der Waals surface area contributed by atoms with E-state index in [1.807, 2.05) is 31.2 Å². The fourth-order valence-electron chi connectivity index (χ4n) is 2.86. The molecular weight excluding hydrogens is 326 g/mol. The molecule has 0 aliphatic carbocycles. The van der Waals surface area contributed by atoms with Crippen molar-refractivity contribution in [1.29, 1.82) is 0 Å². The topological polar surface area (TPSA) is 47.6 Å². The van der Waals surface area contributed by atoms with E-state index in [4.69, 9.17) is 9.47 Å². The zero-order valence-corrected chi connectivity index (χ0v) is 15.4. The largest absolute Gasteiger partial charge is 0.483 e. The summed E-state index contributed by atoms with van der Waals surface area (Å²) in [5.41, 5.74) is 2.71. The molecule has 1 aliphatic heterocycles. The minimum absolute atomic E-state index is 0.128. The van der Waals surface area contributed by atoms with E-state index >= 15 is 0 Å². The first-order chi connectivity index (χ1) is 12.4. The van der Waals surface area contributed by atoms with Crippen molar-refractivity contribution < 1.29 is 14.3 Å². The first kappa shape index (κ1) is 17.9. The van der Waals surface area contributed by atoms with Gasteiger partial charge in [0.25, 0.3) is 5.91 Å². The fourth-order valence-corrected chi connectivity index (χ4v) is 2.86. The maximum atomic E-state index is 12.0. The SMILES string of the molecule is Cc1ccc(C(=O)NCC#CCOc2cccc3c2OC(C)(C)C3)cc1. The molecule has 26 heavy (non-hydrogen) atoms. The summed E-state index contributed by atoms with van der Waals surface area (Å²) >= 11 is 0. The van der Waals surface area contributed by atoms with Crippen LogP contribution in [0.3, 0.4) is 0 Å². The molecule has 2 aromatic carbocycles. The average molecular weight is 349 g/mol. The Bertz CT molecular complexity index is 857. The predicted molar refractivity (Wildman–Crippen MR) is 102 cm³/mol. The molecule has 0 saturated carbocycles. The minimum Gasteiger partial charge on any atom is -0.483 e. The van der Waals surface area contributed by atoms with Crippen molar-refractivity contribution in [2.75, 3.05) is 13.2 Å². The first-order valence-electron chi connectivity index (χ1n) is 8.69. The zero-order valence-electron chi connectivity index (χ0n) is 15.4. The predicted octanol–water partition coefficient (Wildman–Crippen LogP) is 3.52. The maximum absolute atomic E-state index is 12.0. The molecule has 0 atom stereocenters. The van der Waals surface area contributed by atoms with Crippen LogP contribution in [0.4, 0.5) is 0 Å². The van der Waals surface area contributed by atoms with E-state index < -0.39 is 0 Å². The highest BCUT2D eigenvalue weighted by molar-refractivity contribution is 5.94. The Morgan fingerprint density at radius 2 is 1.96 bits per heavy atom. The number of para-hydroxylation sites is 1. The molecule has 4 nitrogen and oxygen atoms in total. The Kier molecular flexibility index (Phi) is 5.18. The Morgan fingerprint density at radius 1 is 1.19 bits per heavy atom. The number of nitrogens with one attached hydrogen (secondary N) is 1. The van der Waals surface area contributed by atoms with Gasteiger partial charge in [-0.2, -0.15) is 0 Å². The van der Waals surface area contributed by atoms with E-state index in [9.17, 15) is 4.79 Å².